The van der Waals surface area contributed by atoms with E-state index in [2.05, 4.69) is 44.9 Å². The van der Waals surface area contributed by atoms with Gasteiger partial charge in [0.25, 0.3) is 11.8 Å². The molecule has 0 radical (unpaired) electrons. The molecule has 2 saturated carbocycles. The Morgan fingerprint density at radius 2 is 1.26 bits per heavy atom. The number of amides is 2. The molecule has 8 rings (SSSR count). The number of aryl methyl sites for hydroxylation is 2. The first-order chi connectivity index (χ1) is 27.3. The Bertz CT molecular complexity index is 2290. The van der Waals surface area contributed by atoms with Crippen molar-refractivity contribution < 1.29 is 28.6 Å². The van der Waals surface area contributed by atoms with Gasteiger partial charge in [0, 0.05) is 23.4 Å². The van der Waals surface area contributed by atoms with Crippen molar-refractivity contribution in [3.05, 3.63) is 98.1 Å². The van der Waals surface area contributed by atoms with E-state index in [0.717, 1.165) is 92.5 Å². The maximum absolute atomic E-state index is 15.0. The molecule has 0 spiro atoms. The number of primary amides is 2. The van der Waals surface area contributed by atoms with Crippen molar-refractivity contribution in [2.24, 2.45) is 34.1 Å². The molecule has 0 saturated heterocycles. The quantitative estimate of drug-likeness (QED) is 0.146. The zero-order valence-corrected chi connectivity index (χ0v) is 34.7. The molecule has 0 aliphatic heterocycles. The van der Waals surface area contributed by atoms with Crippen LogP contribution < -0.4 is 11.5 Å². The average Bonchev–Trinajstić information content (AvgIpc) is 3.89. The number of halogens is 2. The Balaban J connectivity index is 0.000000177. The van der Waals surface area contributed by atoms with Gasteiger partial charge in [0.2, 0.25) is 0 Å². The molecule has 4 atom stereocenters. The fourth-order valence-corrected chi connectivity index (χ4v) is 9.81. The van der Waals surface area contributed by atoms with Crippen LogP contribution in [0.15, 0.2) is 30.3 Å². The predicted molar refractivity (Wildman–Crippen MR) is 220 cm³/mol. The molecule has 0 unspecified atom stereocenters. The summed E-state index contributed by atoms with van der Waals surface area (Å²) in [6.07, 6.45) is 13.1. The first-order valence-corrected chi connectivity index (χ1v) is 20.8. The van der Waals surface area contributed by atoms with Gasteiger partial charge in [0.15, 0.2) is 0 Å². The summed E-state index contributed by atoms with van der Waals surface area (Å²) in [5, 5.41) is 29.8. The fraction of sp³-hybridized carbons (Fsp3) is 0.522. The van der Waals surface area contributed by atoms with Crippen LogP contribution in [0.25, 0.3) is 17.5 Å². The monoisotopic (exact) mass is 796 g/mol. The van der Waals surface area contributed by atoms with Gasteiger partial charge in [-0.3, -0.25) is 9.59 Å². The second kappa shape index (κ2) is 15.8. The van der Waals surface area contributed by atoms with Crippen molar-refractivity contribution in [1.82, 2.24) is 19.6 Å². The van der Waals surface area contributed by atoms with E-state index < -0.39 is 35.7 Å². The summed E-state index contributed by atoms with van der Waals surface area (Å²) in [4.78, 5) is 23.9. The van der Waals surface area contributed by atoms with E-state index in [4.69, 9.17) is 16.6 Å². The molecule has 2 aromatic heterocycles. The molecule has 58 heavy (non-hydrogen) atoms. The highest BCUT2D eigenvalue weighted by atomic mass is 19.1. The number of benzene rings is 2. The van der Waals surface area contributed by atoms with Gasteiger partial charge >= 0.3 is 0 Å². The van der Waals surface area contributed by atoms with Crippen LogP contribution in [0.1, 0.15) is 138 Å². The van der Waals surface area contributed by atoms with Gasteiger partial charge in [-0.2, -0.15) is 10.2 Å². The number of nitrogens with zero attached hydrogens (tertiary/aromatic N) is 4. The van der Waals surface area contributed by atoms with Crippen molar-refractivity contribution >= 4 is 17.9 Å². The molecular weight excluding hydrogens is 739 g/mol. The normalized spacial score (nSPS) is 22.9. The van der Waals surface area contributed by atoms with Crippen molar-refractivity contribution in [3.63, 3.8) is 0 Å². The van der Waals surface area contributed by atoms with Gasteiger partial charge in [-0.25, -0.2) is 18.1 Å². The summed E-state index contributed by atoms with van der Waals surface area (Å²) in [5.41, 5.74) is 19.7. The van der Waals surface area contributed by atoms with Gasteiger partial charge in [0.05, 0.1) is 51.8 Å². The lowest BCUT2D eigenvalue weighted by atomic mass is 9.76. The number of nitrogens with two attached hydrogens (primary N) is 2. The topological polar surface area (TPSA) is 162 Å². The molecule has 2 fully saturated rings. The number of rotatable bonds is 8. The standard InChI is InChI=1S/C23H30FN3O2.C23H28FN3O2/c2*1-13-17-7-8-23(2,3)12-19(17)27(26-13)16-10-15(9-14-5-4-6-20(14)28)21(22(25)29)18(24)11-16/h10-11,14,20,28H,4-9,12H2,1-3H3,(H2,25,29);7-8,10-11,14,20,28H,4-6,9,12H2,1-3H3,(H2,25,29)/t2*14-,20+/m11/s1. The average molecular weight is 797 g/mol. The summed E-state index contributed by atoms with van der Waals surface area (Å²) in [5.74, 6) is -2.76. The minimum Gasteiger partial charge on any atom is -0.393 e. The lowest BCUT2D eigenvalue weighted by molar-refractivity contribution is 0.0984. The first-order valence-electron chi connectivity index (χ1n) is 20.8. The SMILES string of the molecule is Cc1nn(-c2cc(F)c(C(N)=O)c(C[C@H]3CCC[C@@H]3O)c2)c2c1C=CC(C)(C)C2.Cc1nn(-c2cc(F)c(C(N)=O)c(C[C@H]3CCC[C@@H]3O)c2)c2c1CCC(C)(C)C2. The Labute approximate surface area is 339 Å². The number of carbonyl (C=O) groups is 2. The largest absolute Gasteiger partial charge is 0.393 e. The van der Waals surface area contributed by atoms with E-state index >= 15 is 4.39 Å². The lowest BCUT2D eigenvalue weighted by Gasteiger charge is -2.30. The van der Waals surface area contributed by atoms with E-state index in [1.165, 1.54) is 17.7 Å². The zero-order chi connectivity index (χ0) is 41.8. The van der Waals surface area contributed by atoms with Crippen molar-refractivity contribution in [1.29, 1.82) is 0 Å². The molecule has 2 amide bonds. The highest BCUT2D eigenvalue weighted by Gasteiger charge is 2.33. The van der Waals surface area contributed by atoms with Gasteiger partial charge in [-0.05, 0) is 130 Å². The summed E-state index contributed by atoms with van der Waals surface area (Å²) >= 11 is 0. The minimum absolute atomic E-state index is 0.0119. The zero-order valence-electron chi connectivity index (χ0n) is 34.7. The number of fused-ring (bicyclic) bond motifs is 2. The molecule has 2 heterocycles. The maximum Gasteiger partial charge on any atom is 0.251 e. The van der Waals surface area contributed by atoms with Gasteiger partial charge in [-0.15, -0.1) is 0 Å². The van der Waals surface area contributed by atoms with Gasteiger partial charge in [0.1, 0.15) is 11.6 Å². The molecular formula is C46H58F2N6O4. The van der Waals surface area contributed by atoms with Gasteiger partial charge in [-0.1, -0.05) is 52.7 Å². The third-order valence-electron chi connectivity index (χ3n) is 13.0. The third-order valence-corrected chi connectivity index (χ3v) is 13.0. The highest BCUT2D eigenvalue weighted by molar-refractivity contribution is 5.95. The molecule has 4 aromatic rings. The summed E-state index contributed by atoms with van der Waals surface area (Å²) in [7, 11) is 0. The number of carbonyl (C=O) groups excluding carboxylic acids is 2. The molecule has 0 bridgehead atoms. The summed E-state index contributed by atoms with van der Waals surface area (Å²) in [6.45, 7) is 12.7. The van der Waals surface area contributed by atoms with E-state index in [1.54, 1.807) is 4.68 Å². The van der Waals surface area contributed by atoms with Crippen molar-refractivity contribution in [3.8, 4) is 11.4 Å². The molecule has 6 N–H and O–H groups in total. The lowest BCUT2D eigenvalue weighted by Crippen LogP contribution is -2.24. The second-order valence-corrected chi connectivity index (χ2v) is 18.7. The van der Waals surface area contributed by atoms with Crippen molar-refractivity contribution in [2.45, 2.75) is 131 Å². The number of hydrogen-bond donors (Lipinski definition) is 4. The van der Waals surface area contributed by atoms with E-state index in [1.807, 2.05) is 30.7 Å². The Morgan fingerprint density at radius 1 is 0.759 bits per heavy atom. The Morgan fingerprint density at radius 3 is 1.74 bits per heavy atom. The molecule has 4 aliphatic carbocycles. The smallest absolute Gasteiger partial charge is 0.251 e. The molecule has 12 heteroatoms. The predicted octanol–water partition coefficient (Wildman–Crippen LogP) is 7.35. The Kier molecular flexibility index (Phi) is 11.3. The van der Waals surface area contributed by atoms with Gasteiger partial charge < -0.3 is 21.7 Å². The number of aliphatic hydroxyl groups is 2. The van der Waals surface area contributed by atoms with E-state index in [0.29, 0.717) is 35.3 Å². The molecule has 310 valence electrons. The third kappa shape index (κ3) is 8.27. The van der Waals surface area contributed by atoms with Crippen LogP contribution in [0, 0.1) is 48.1 Å². The van der Waals surface area contributed by atoms with E-state index in [-0.39, 0.29) is 33.8 Å². The van der Waals surface area contributed by atoms with Crippen LogP contribution in [0.2, 0.25) is 0 Å². The number of hydrogen-bond acceptors (Lipinski definition) is 6. The fourth-order valence-electron chi connectivity index (χ4n) is 9.81. The summed E-state index contributed by atoms with van der Waals surface area (Å²) in [6, 6.07) is 6.35. The molecule has 10 nitrogen and oxygen atoms in total. The highest BCUT2D eigenvalue weighted by Crippen LogP contribution is 2.39. The van der Waals surface area contributed by atoms with Crippen LogP contribution in [-0.2, 0) is 32.1 Å². The first kappa shape index (κ1) is 41.5. The van der Waals surface area contributed by atoms with Crippen LogP contribution >= 0.6 is 0 Å². The number of allylic oxidation sites excluding steroid dienone is 1. The van der Waals surface area contributed by atoms with Crippen LogP contribution in [0.4, 0.5) is 8.78 Å². The van der Waals surface area contributed by atoms with Crippen LogP contribution in [-0.4, -0.2) is 53.8 Å². The van der Waals surface area contributed by atoms with Crippen molar-refractivity contribution in [2.75, 3.05) is 0 Å². The second-order valence-electron chi connectivity index (χ2n) is 18.7. The maximum atomic E-state index is 15.0. The van der Waals surface area contributed by atoms with Crippen LogP contribution in [0.5, 0.6) is 0 Å². The van der Waals surface area contributed by atoms with E-state index in [9.17, 15) is 24.2 Å². The molecule has 2 aromatic carbocycles. The molecule has 4 aliphatic rings. The number of aromatic nitrogens is 4. The number of aliphatic hydroxyl groups excluding tert-OH is 2. The van der Waals surface area contributed by atoms with Crippen LogP contribution in [0.3, 0.4) is 0 Å². The minimum atomic E-state index is -0.778. The summed E-state index contributed by atoms with van der Waals surface area (Å²) < 4.78 is 33.6. The Hall–Kier alpha value is -4.68.